The van der Waals surface area contributed by atoms with Crippen LogP contribution in [-0.4, -0.2) is 32.8 Å². The summed E-state index contributed by atoms with van der Waals surface area (Å²) in [6, 6.07) is 5.03. The first-order chi connectivity index (χ1) is 9.67. The fraction of sp³-hybridized carbons (Fsp3) is 0.500. The zero-order valence-electron chi connectivity index (χ0n) is 11.9. The Bertz CT molecular complexity index is 440. The van der Waals surface area contributed by atoms with Gasteiger partial charge in [-0.1, -0.05) is 6.07 Å². The molecule has 0 spiro atoms. The summed E-state index contributed by atoms with van der Waals surface area (Å²) >= 11 is 3.14. The van der Waals surface area contributed by atoms with Gasteiger partial charge in [0.2, 0.25) is 0 Å². The van der Waals surface area contributed by atoms with Crippen molar-refractivity contribution in [2.45, 2.75) is 19.9 Å². The van der Waals surface area contributed by atoms with Crippen LogP contribution in [0.3, 0.4) is 0 Å². The van der Waals surface area contributed by atoms with Crippen LogP contribution < -0.4 is 10.6 Å². The number of rotatable bonds is 7. The molecule has 0 aromatic heterocycles. The molecular weight excluding hydrogens is 325 g/mol. The van der Waals surface area contributed by atoms with E-state index in [1.54, 1.807) is 13.2 Å². The molecule has 1 aromatic carbocycles. The summed E-state index contributed by atoms with van der Waals surface area (Å²) in [5.74, 6) is 0.461. The second-order valence-corrected chi connectivity index (χ2v) is 5.07. The lowest BCUT2D eigenvalue weighted by atomic mass is 10.2. The smallest absolute Gasteiger partial charge is 0.191 e. The van der Waals surface area contributed by atoms with Gasteiger partial charge in [-0.2, -0.15) is 0 Å². The number of hydrogen-bond donors (Lipinski definition) is 2. The summed E-state index contributed by atoms with van der Waals surface area (Å²) in [7, 11) is 1.68. The standard InChI is InChI=1S/C14H21BrFN3O/c1-3-17-14(18-7-4-8-20-2)19-10-11-5-6-12(15)13(16)9-11/h5-6,9H,3-4,7-8,10H2,1-2H3,(H2,17,18,19). The monoisotopic (exact) mass is 345 g/mol. The third-order valence-electron chi connectivity index (χ3n) is 2.57. The second kappa shape index (κ2) is 9.72. The highest BCUT2D eigenvalue weighted by Crippen LogP contribution is 2.16. The molecule has 0 unspecified atom stereocenters. The van der Waals surface area contributed by atoms with Gasteiger partial charge in [0, 0.05) is 26.8 Å². The quantitative estimate of drug-likeness (QED) is 0.453. The largest absolute Gasteiger partial charge is 0.385 e. The molecule has 4 nitrogen and oxygen atoms in total. The number of aliphatic imine (C=N–C) groups is 1. The SMILES string of the molecule is CCNC(=NCc1ccc(Br)c(F)c1)NCCCOC. The third-order valence-corrected chi connectivity index (χ3v) is 3.21. The molecule has 0 amide bonds. The highest BCUT2D eigenvalue weighted by molar-refractivity contribution is 9.10. The van der Waals surface area contributed by atoms with Crippen LogP contribution in [0.15, 0.2) is 27.7 Å². The van der Waals surface area contributed by atoms with Crippen LogP contribution in [-0.2, 0) is 11.3 Å². The fourth-order valence-electron chi connectivity index (χ4n) is 1.57. The Morgan fingerprint density at radius 1 is 1.40 bits per heavy atom. The van der Waals surface area contributed by atoms with Gasteiger partial charge < -0.3 is 15.4 Å². The Hall–Kier alpha value is -1.14. The van der Waals surface area contributed by atoms with E-state index >= 15 is 0 Å². The summed E-state index contributed by atoms with van der Waals surface area (Å²) in [5, 5.41) is 6.36. The number of ether oxygens (including phenoxy) is 1. The number of halogens is 2. The zero-order valence-corrected chi connectivity index (χ0v) is 13.5. The molecule has 1 aromatic rings. The minimum Gasteiger partial charge on any atom is -0.385 e. The van der Waals surface area contributed by atoms with Crippen molar-refractivity contribution in [1.82, 2.24) is 10.6 Å². The molecule has 0 aliphatic rings. The van der Waals surface area contributed by atoms with E-state index in [0.717, 1.165) is 31.0 Å². The summed E-state index contributed by atoms with van der Waals surface area (Å²) in [4.78, 5) is 4.42. The van der Waals surface area contributed by atoms with Crippen LogP contribution in [0, 0.1) is 5.82 Å². The van der Waals surface area contributed by atoms with E-state index in [1.165, 1.54) is 6.07 Å². The Morgan fingerprint density at radius 2 is 2.20 bits per heavy atom. The summed E-state index contributed by atoms with van der Waals surface area (Å²) in [6.45, 7) is 4.72. The first-order valence-corrected chi connectivity index (χ1v) is 7.41. The molecule has 20 heavy (non-hydrogen) atoms. The van der Waals surface area contributed by atoms with Gasteiger partial charge in [-0.3, -0.25) is 0 Å². The number of nitrogens with one attached hydrogen (secondary N) is 2. The number of guanidine groups is 1. The highest BCUT2D eigenvalue weighted by atomic mass is 79.9. The van der Waals surface area contributed by atoms with Crippen molar-refractivity contribution in [2.75, 3.05) is 26.8 Å². The maximum atomic E-state index is 13.4. The molecule has 2 N–H and O–H groups in total. The molecule has 0 aliphatic carbocycles. The lowest BCUT2D eigenvalue weighted by molar-refractivity contribution is 0.195. The number of benzene rings is 1. The maximum absolute atomic E-state index is 13.4. The van der Waals surface area contributed by atoms with Gasteiger partial charge in [0.1, 0.15) is 5.82 Å². The molecule has 1 rings (SSSR count). The maximum Gasteiger partial charge on any atom is 0.191 e. The number of methoxy groups -OCH3 is 1. The average molecular weight is 346 g/mol. The van der Waals surface area contributed by atoms with E-state index in [2.05, 4.69) is 31.6 Å². The predicted octanol–water partition coefficient (Wildman–Crippen LogP) is 2.68. The van der Waals surface area contributed by atoms with E-state index in [1.807, 2.05) is 13.0 Å². The van der Waals surface area contributed by atoms with Crippen molar-refractivity contribution in [2.24, 2.45) is 4.99 Å². The lowest BCUT2D eigenvalue weighted by Gasteiger charge is -2.11. The van der Waals surface area contributed by atoms with Gasteiger partial charge in [-0.15, -0.1) is 0 Å². The Kier molecular flexibility index (Phi) is 8.22. The van der Waals surface area contributed by atoms with E-state index in [9.17, 15) is 4.39 Å². The van der Waals surface area contributed by atoms with E-state index in [0.29, 0.717) is 17.6 Å². The van der Waals surface area contributed by atoms with Crippen LogP contribution >= 0.6 is 15.9 Å². The van der Waals surface area contributed by atoms with Gasteiger partial charge in [-0.25, -0.2) is 9.38 Å². The molecule has 0 atom stereocenters. The molecule has 0 saturated carbocycles. The second-order valence-electron chi connectivity index (χ2n) is 4.22. The Labute approximate surface area is 127 Å². The Morgan fingerprint density at radius 3 is 2.85 bits per heavy atom. The van der Waals surface area contributed by atoms with Crippen molar-refractivity contribution in [3.05, 3.63) is 34.1 Å². The van der Waals surface area contributed by atoms with Crippen molar-refractivity contribution in [3.8, 4) is 0 Å². The van der Waals surface area contributed by atoms with Crippen LogP contribution in [0.5, 0.6) is 0 Å². The van der Waals surface area contributed by atoms with Crippen molar-refractivity contribution in [3.63, 3.8) is 0 Å². The van der Waals surface area contributed by atoms with E-state index in [-0.39, 0.29) is 5.82 Å². The number of nitrogens with zero attached hydrogens (tertiary/aromatic N) is 1. The molecule has 0 saturated heterocycles. The molecule has 0 fully saturated rings. The lowest BCUT2D eigenvalue weighted by Crippen LogP contribution is -2.38. The average Bonchev–Trinajstić information content (AvgIpc) is 2.44. The molecule has 112 valence electrons. The zero-order chi connectivity index (χ0) is 14.8. The van der Waals surface area contributed by atoms with Gasteiger partial charge in [0.15, 0.2) is 5.96 Å². The normalized spacial score (nSPS) is 11.5. The highest BCUT2D eigenvalue weighted by Gasteiger charge is 2.01. The molecule has 0 bridgehead atoms. The van der Waals surface area contributed by atoms with Crippen LogP contribution in [0.1, 0.15) is 18.9 Å². The summed E-state index contributed by atoms with van der Waals surface area (Å²) in [6.07, 6.45) is 0.911. The van der Waals surface area contributed by atoms with Gasteiger partial charge in [0.05, 0.1) is 11.0 Å². The Balaban J connectivity index is 2.54. The molecular formula is C14H21BrFN3O. The minimum absolute atomic E-state index is 0.268. The van der Waals surface area contributed by atoms with E-state index < -0.39 is 0 Å². The van der Waals surface area contributed by atoms with Crippen LogP contribution in [0.4, 0.5) is 4.39 Å². The summed E-state index contributed by atoms with van der Waals surface area (Å²) < 4.78 is 18.9. The summed E-state index contributed by atoms with van der Waals surface area (Å²) in [5.41, 5.74) is 0.833. The molecule has 0 radical (unpaired) electrons. The predicted molar refractivity (Wildman–Crippen MR) is 83.4 cm³/mol. The molecule has 6 heteroatoms. The molecule has 0 heterocycles. The van der Waals surface area contributed by atoms with Crippen LogP contribution in [0.25, 0.3) is 0 Å². The minimum atomic E-state index is -0.268. The van der Waals surface area contributed by atoms with Gasteiger partial charge in [0.25, 0.3) is 0 Å². The van der Waals surface area contributed by atoms with Crippen molar-refractivity contribution in [1.29, 1.82) is 0 Å². The van der Waals surface area contributed by atoms with Gasteiger partial charge in [-0.05, 0) is 47.0 Å². The third kappa shape index (κ3) is 6.34. The number of hydrogen-bond acceptors (Lipinski definition) is 2. The first kappa shape index (κ1) is 16.9. The van der Waals surface area contributed by atoms with Gasteiger partial charge >= 0.3 is 0 Å². The van der Waals surface area contributed by atoms with Crippen molar-refractivity contribution < 1.29 is 9.13 Å². The topological polar surface area (TPSA) is 45.7 Å². The fourth-order valence-corrected chi connectivity index (χ4v) is 1.82. The molecule has 0 aliphatic heterocycles. The van der Waals surface area contributed by atoms with Crippen molar-refractivity contribution >= 4 is 21.9 Å². The van der Waals surface area contributed by atoms with Crippen LogP contribution in [0.2, 0.25) is 0 Å². The first-order valence-electron chi connectivity index (χ1n) is 6.62. The van der Waals surface area contributed by atoms with E-state index in [4.69, 9.17) is 4.74 Å².